The van der Waals surface area contributed by atoms with E-state index in [1.807, 2.05) is 42.7 Å². The lowest BCUT2D eigenvalue weighted by atomic mass is 9.99. The Kier molecular flexibility index (Phi) is 3.47. The Morgan fingerprint density at radius 3 is 2.78 bits per heavy atom. The Morgan fingerprint density at radius 1 is 0.926 bits per heavy atom. The summed E-state index contributed by atoms with van der Waals surface area (Å²) in [5, 5.41) is 0.863. The van der Waals surface area contributed by atoms with E-state index in [2.05, 4.69) is 40.3 Å². The third-order valence-electron chi connectivity index (χ3n) is 4.99. The molecular formula is C22H17N3O2. The lowest BCUT2D eigenvalue weighted by molar-refractivity contribution is 0.465. The lowest BCUT2D eigenvalue weighted by Crippen LogP contribution is -1.97. The average molecular weight is 355 g/mol. The van der Waals surface area contributed by atoms with Gasteiger partial charge in [-0.05, 0) is 61.4 Å². The molecule has 0 saturated carbocycles. The Bertz CT molecular complexity index is 1280. The van der Waals surface area contributed by atoms with Crippen LogP contribution in [0.5, 0.6) is 11.6 Å². The second-order valence-corrected chi connectivity index (χ2v) is 6.48. The Morgan fingerprint density at radius 2 is 1.85 bits per heavy atom. The summed E-state index contributed by atoms with van der Waals surface area (Å²) in [5.41, 5.74) is 6.18. The van der Waals surface area contributed by atoms with Crippen LogP contribution in [0.1, 0.15) is 11.1 Å². The van der Waals surface area contributed by atoms with Crippen LogP contribution >= 0.6 is 0 Å². The van der Waals surface area contributed by atoms with Crippen molar-refractivity contribution in [3.05, 3.63) is 78.4 Å². The smallest absolute Gasteiger partial charge is 0.230 e. The van der Waals surface area contributed by atoms with Gasteiger partial charge in [0.15, 0.2) is 0 Å². The number of nitrogens with zero attached hydrogens (tertiary/aromatic N) is 3. The normalized spacial score (nSPS) is 11.3. The van der Waals surface area contributed by atoms with Crippen LogP contribution in [0.25, 0.3) is 27.9 Å². The molecule has 0 bridgehead atoms. The monoisotopic (exact) mass is 355 g/mol. The van der Waals surface area contributed by atoms with Crippen molar-refractivity contribution in [2.24, 2.45) is 0 Å². The molecule has 1 aromatic carbocycles. The molecule has 0 N–H and O–H groups in total. The molecule has 4 heterocycles. The zero-order chi connectivity index (χ0) is 18.4. The first kappa shape index (κ1) is 15.6. The van der Waals surface area contributed by atoms with E-state index in [1.165, 1.54) is 0 Å². The van der Waals surface area contributed by atoms with Gasteiger partial charge in [-0.25, -0.2) is 9.97 Å². The van der Waals surface area contributed by atoms with Crippen molar-refractivity contribution in [2.45, 2.75) is 13.8 Å². The number of ether oxygens (including phenoxy) is 1. The summed E-state index contributed by atoms with van der Waals surface area (Å²) >= 11 is 0. The van der Waals surface area contributed by atoms with E-state index < -0.39 is 0 Å². The van der Waals surface area contributed by atoms with E-state index in [0.717, 1.165) is 44.8 Å². The number of furan rings is 1. The molecule has 0 spiro atoms. The van der Waals surface area contributed by atoms with Crippen LogP contribution in [0.4, 0.5) is 0 Å². The fourth-order valence-electron chi connectivity index (χ4n) is 3.41. The van der Waals surface area contributed by atoms with Crippen LogP contribution in [-0.2, 0) is 0 Å². The highest BCUT2D eigenvalue weighted by Crippen LogP contribution is 2.35. The van der Waals surface area contributed by atoms with E-state index in [-0.39, 0.29) is 0 Å². The van der Waals surface area contributed by atoms with E-state index in [9.17, 15) is 0 Å². The third-order valence-corrected chi connectivity index (χ3v) is 4.99. The third kappa shape index (κ3) is 2.47. The molecule has 0 aliphatic rings. The number of benzene rings is 1. The fourth-order valence-corrected chi connectivity index (χ4v) is 3.41. The molecule has 5 rings (SSSR count). The van der Waals surface area contributed by atoms with Gasteiger partial charge in [0.2, 0.25) is 5.88 Å². The van der Waals surface area contributed by atoms with Gasteiger partial charge in [-0.15, -0.1) is 0 Å². The van der Waals surface area contributed by atoms with Crippen LogP contribution in [0.2, 0.25) is 0 Å². The molecule has 0 saturated heterocycles. The molecule has 0 aliphatic carbocycles. The maximum Gasteiger partial charge on any atom is 0.230 e. The van der Waals surface area contributed by atoms with Crippen molar-refractivity contribution >= 4 is 16.6 Å². The largest absolute Gasteiger partial charge is 0.464 e. The van der Waals surface area contributed by atoms with E-state index in [4.69, 9.17) is 9.15 Å². The number of hydrogen-bond donors (Lipinski definition) is 0. The molecule has 5 aromatic rings. The second-order valence-electron chi connectivity index (χ2n) is 6.48. The van der Waals surface area contributed by atoms with E-state index >= 15 is 0 Å². The highest BCUT2D eigenvalue weighted by Gasteiger charge is 2.14. The van der Waals surface area contributed by atoms with Gasteiger partial charge in [0.25, 0.3) is 0 Å². The minimum Gasteiger partial charge on any atom is -0.464 e. The summed E-state index contributed by atoms with van der Waals surface area (Å²) in [5.74, 6) is 1.34. The predicted octanol–water partition coefficient (Wildman–Crippen LogP) is 5.55. The Labute approximate surface area is 155 Å². The van der Waals surface area contributed by atoms with Crippen LogP contribution in [0, 0.1) is 13.8 Å². The van der Waals surface area contributed by atoms with Gasteiger partial charge in [-0.2, -0.15) is 0 Å². The van der Waals surface area contributed by atoms with Gasteiger partial charge in [0.1, 0.15) is 17.0 Å². The quantitative estimate of drug-likeness (QED) is 0.426. The molecule has 0 aliphatic heterocycles. The van der Waals surface area contributed by atoms with Crippen molar-refractivity contribution in [2.75, 3.05) is 0 Å². The molecule has 0 fully saturated rings. The maximum atomic E-state index is 6.13. The van der Waals surface area contributed by atoms with Crippen molar-refractivity contribution in [1.29, 1.82) is 0 Å². The summed E-state index contributed by atoms with van der Waals surface area (Å²) in [6, 6.07) is 13.9. The number of pyridine rings is 2. The van der Waals surface area contributed by atoms with Gasteiger partial charge in [-0.1, -0.05) is 6.07 Å². The highest BCUT2D eigenvalue weighted by molar-refractivity contribution is 5.82. The first-order chi connectivity index (χ1) is 13.2. The summed E-state index contributed by atoms with van der Waals surface area (Å²) in [4.78, 5) is 8.74. The molecule has 4 aromatic heterocycles. The molecule has 132 valence electrons. The van der Waals surface area contributed by atoms with Crippen LogP contribution < -0.4 is 4.74 Å². The van der Waals surface area contributed by atoms with Crippen LogP contribution in [0.3, 0.4) is 0 Å². The lowest BCUT2D eigenvalue weighted by Gasteiger charge is -2.15. The second kappa shape index (κ2) is 5.99. The summed E-state index contributed by atoms with van der Waals surface area (Å²) in [6.07, 6.45) is 7.13. The van der Waals surface area contributed by atoms with Crippen LogP contribution in [0.15, 0.2) is 71.7 Å². The molecule has 27 heavy (non-hydrogen) atoms. The zero-order valence-corrected chi connectivity index (χ0v) is 15.0. The topological polar surface area (TPSA) is 52.6 Å². The van der Waals surface area contributed by atoms with Gasteiger partial charge >= 0.3 is 0 Å². The molecule has 0 radical (unpaired) electrons. The minimum atomic E-state index is 0.549. The summed E-state index contributed by atoms with van der Waals surface area (Å²) in [7, 11) is 0. The molecule has 5 nitrogen and oxygen atoms in total. The van der Waals surface area contributed by atoms with Gasteiger partial charge in [0.05, 0.1) is 17.3 Å². The molecule has 0 atom stereocenters. The van der Waals surface area contributed by atoms with Gasteiger partial charge < -0.3 is 9.15 Å². The fraction of sp³-hybridized carbons (Fsp3) is 0.0909. The SMILES string of the molecule is Cc1c(Oc2nccc3occc23)ccc(-c2cccc3nccn23)c1C. The summed E-state index contributed by atoms with van der Waals surface area (Å²) in [6.45, 7) is 4.18. The van der Waals surface area contributed by atoms with Crippen molar-refractivity contribution < 1.29 is 9.15 Å². The highest BCUT2D eigenvalue weighted by atomic mass is 16.5. The van der Waals surface area contributed by atoms with Crippen molar-refractivity contribution in [1.82, 2.24) is 14.4 Å². The van der Waals surface area contributed by atoms with Crippen LogP contribution in [-0.4, -0.2) is 14.4 Å². The zero-order valence-electron chi connectivity index (χ0n) is 15.0. The maximum absolute atomic E-state index is 6.13. The van der Waals surface area contributed by atoms with Crippen molar-refractivity contribution in [3.8, 4) is 22.9 Å². The first-order valence-corrected chi connectivity index (χ1v) is 8.75. The molecule has 5 heteroatoms. The predicted molar refractivity (Wildman–Crippen MR) is 104 cm³/mol. The Hall–Kier alpha value is -3.60. The van der Waals surface area contributed by atoms with E-state index in [0.29, 0.717) is 5.88 Å². The molecule has 0 unspecified atom stereocenters. The summed E-state index contributed by atoms with van der Waals surface area (Å²) < 4.78 is 13.7. The number of imidazole rings is 1. The number of hydrogen-bond acceptors (Lipinski definition) is 4. The molecule has 0 amide bonds. The first-order valence-electron chi connectivity index (χ1n) is 8.75. The van der Waals surface area contributed by atoms with Gasteiger partial charge in [-0.3, -0.25) is 4.40 Å². The number of rotatable bonds is 3. The van der Waals surface area contributed by atoms with E-state index in [1.54, 1.807) is 12.5 Å². The molecular weight excluding hydrogens is 338 g/mol. The average Bonchev–Trinajstić information content (AvgIpc) is 3.35. The Balaban J connectivity index is 1.60. The minimum absolute atomic E-state index is 0.549. The number of aromatic nitrogens is 3. The van der Waals surface area contributed by atoms with Crippen molar-refractivity contribution in [3.63, 3.8) is 0 Å². The standard InChI is InChI=1S/C22H17N3O2/c1-14-15(2)19(27-22-17-9-13-26-20(17)8-10-24-22)7-6-16(14)18-4-3-5-21-23-11-12-25(18)21/h3-13H,1-2H3. The number of fused-ring (bicyclic) bond motifs is 2. The van der Waals surface area contributed by atoms with Gasteiger partial charge in [0, 0.05) is 24.2 Å².